The minimum atomic E-state index is -4.13. The summed E-state index contributed by atoms with van der Waals surface area (Å²) in [5, 5.41) is 16.5. The first-order valence-electron chi connectivity index (χ1n) is 5.89. The van der Waals surface area contributed by atoms with E-state index in [2.05, 4.69) is 5.32 Å². The number of nitrogens with one attached hydrogen (secondary N) is 1. The molecule has 11 heteroatoms. The first kappa shape index (κ1) is 16.5. The summed E-state index contributed by atoms with van der Waals surface area (Å²) >= 11 is 5.82. The van der Waals surface area contributed by atoms with Crippen molar-refractivity contribution >= 4 is 37.3 Å². The molecule has 0 unspecified atom stereocenters. The molecule has 0 saturated carbocycles. The van der Waals surface area contributed by atoms with Crippen molar-refractivity contribution in [1.82, 2.24) is 4.31 Å². The van der Waals surface area contributed by atoms with Crippen LogP contribution in [0.2, 0.25) is 5.02 Å². The molecule has 4 N–H and O–H groups in total. The van der Waals surface area contributed by atoms with Gasteiger partial charge in [0.2, 0.25) is 20.0 Å². The van der Waals surface area contributed by atoms with Crippen LogP contribution in [0.15, 0.2) is 21.9 Å². The van der Waals surface area contributed by atoms with E-state index in [1.54, 1.807) is 0 Å². The van der Waals surface area contributed by atoms with Crippen molar-refractivity contribution < 1.29 is 21.9 Å². The van der Waals surface area contributed by atoms with Crippen LogP contribution < -0.4 is 10.5 Å². The van der Waals surface area contributed by atoms with E-state index in [4.69, 9.17) is 21.8 Å². The molecular formula is C10H14ClN3O5S2. The van der Waals surface area contributed by atoms with Crippen LogP contribution in [0.25, 0.3) is 0 Å². The second-order valence-electron chi connectivity index (χ2n) is 4.42. The van der Waals surface area contributed by atoms with E-state index in [9.17, 15) is 16.8 Å². The van der Waals surface area contributed by atoms with Crippen LogP contribution in [0, 0.1) is 0 Å². The van der Waals surface area contributed by atoms with Gasteiger partial charge in [-0.15, -0.1) is 0 Å². The fourth-order valence-corrected chi connectivity index (χ4v) is 4.68. The van der Waals surface area contributed by atoms with E-state index in [1.807, 2.05) is 0 Å². The molecule has 2 rings (SSSR count). The molecule has 8 nitrogen and oxygen atoms in total. The summed E-state index contributed by atoms with van der Waals surface area (Å²) in [6, 6.07) is 2.16. The van der Waals surface area contributed by atoms with Gasteiger partial charge in [-0.3, -0.25) is 0 Å². The zero-order valence-corrected chi connectivity index (χ0v) is 13.2. The molecule has 0 spiro atoms. The van der Waals surface area contributed by atoms with Gasteiger partial charge in [0.1, 0.15) is 9.79 Å². The number of rotatable bonds is 4. The predicted octanol–water partition coefficient (Wildman–Crippen LogP) is -0.256. The van der Waals surface area contributed by atoms with Crippen LogP contribution >= 0.6 is 11.6 Å². The van der Waals surface area contributed by atoms with Gasteiger partial charge in [0.15, 0.2) is 0 Å². The molecule has 0 aromatic heterocycles. The third kappa shape index (κ3) is 3.15. The number of halogens is 1. The van der Waals surface area contributed by atoms with Crippen LogP contribution in [0.5, 0.6) is 0 Å². The number of benzene rings is 1. The Balaban J connectivity index is 2.56. The lowest BCUT2D eigenvalue weighted by Gasteiger charge is -2.29. The average molecular weight is 356 g/mol. The van der Waals surface area contributed by atoms with Crippen molar-refractivity contribution in [3.05, 3.63) is 17.2 Å². The van der Waals surface area contributed by atoms with Gasteiger partial charge in [-0.2, -0.15) is 4.31 Å². The summed E-state index contributed by atoms with van der Waals surface area (Å²) in [6.07, 6.45) is 0.270. The van der Waals surface area contributed by atoms with Crippen molar-refractivity contribution in [2.45, 2.75) is 16.2 Å². The van der Waals surface area contributed by atoms with E-state index >= 15 is 0 Å². The number of anilines is 1. The molecule has 1 heterocycles. The van der Waals surface area contributed by atoms with E-state index in [-0.39, 0.29) is 41.8 Å². The average Bonchev–Trinajstić information content (AvgIpc) is 2.35. The standard InChI is InChI=1S/C10H14ClN3O5S2/c11-7-4-8-10(5-9(7)20(12,16)17)21(18,19)14(6-13-8)2-1-3-15/h4-5,13,15H,1-3,6H2,(H2,12,16,17). The minimum absolute atomic E-state index is 0.0143. The molecule has 21 heavy (non-hydrogen) atoms. The fourth-order valence-electron chi connectivity index (χ4n) is 1.95. The highest BCUT2D eigenvalue weighted by molar-refractivity contribution is 7.90. The molecule has 0 aliphatic carbocycles. The molecule has 1 aliphatic rings. The van der Waals surface area contributed by atoms with Gasteiger partial charge in [-0.05, 0) is 18.6 Å². The molecule has 0 radical (unpaired) electrons. The Morgan fingerprint density at radius 1 is 1.43 bits per heavy atom. The predicted molar refractivity (Wildman–Crippen MR) is 76.9 cm³/mol. The van der Waals surface area contributed by atoms with Gasteiger partial charge < -0.3 is 10.4 Å². The molecule has 0 fully saturated rings. The highest BCUT2D eigenvalue weighted by atomic mass is 35.5. The fraction of sp³-hybridized carbons (Fsp3) is 0.400. The lowest BCUT2D eigenvalue weighted by Crippen LogP contribution is -2.40. The summed E-state index contributed by atoms with van der Waals surface area (Å²) in [4.78, 5) is -0.655. The first-order chi connectivity index (χ1) is 9.67. The Hall–Kier alpha value is -0.910. The van der Waals surface area contributed by atoms with Crippen molar-refractivity contribution in [2.75, 3.05) is 25.1 Å². The number of hydrogen-bond donors (Lipinski definition) is 3. The minimum Gasteiger partial charge on any atom is -0.396 e. The number of primary sulfonamides is 1. The Labute approximate surface area is 127 Å². The normalized spacial score (nSPS) is 18.0. The third-order valence-corrected chi connectivity index (χ3v) is 6.23. The molecular weight excluding hydrogens is 342 g/mol. The zero-order valence-electron chi connectivity index (χ0n) is 10.8. The number of aliphatic hydroxyl groups excluding tert-OH is 1. The topological polar surface area (TPSA) is 130 Å². The quantitative estimate of drug-likeness (QED) is 0.682. The number of fused-ring (bicyclic) bond motifs is 1. The van der Waals surface area contributed by atoms with Gasteiger partial charge in [0, 0.05) is 13.2 Å². The van der Waals surface area contributed by atoms with Crippen LogP contribution in [-0.2, 0) is 20.0 Å². The van der Waals surface area contributed by atoms with Crippen molar-refractivity contribution in [1.29, 1.82) is 0 Å². The summed E-state index contributed by atoms with van der Waals surface area (Å²) in [5.74, 6) is 0. The molecule has 1 aliphatic heterocycles. The van der Waals surface area contributed by atoms with Gasteiger partial charge in [-0.1, -0.05) is 11.6 Å². The summed E-state index contributed by atoms with van der Waals surface area (Å²) < 4.78 is 48.8. The highest BCUT2D eigenvalue weighted by Crippen LogP contribution is 2.35. The number of nitrogens with two attached hydrogens (primary N) is 1. The zero-order chi connectivity index (χ0) is 15.8. The van der Waals surface area contributed by atoms with Crippen LogP contribution in [0.1, 0.15) is 6.42 Å². The van der Waals surface area contributed by atoms with E-state index in [1.165, 1.54) is 6.07 Å². The third-order valence-electron chi connectivity index (χ3n) is 2.97. The van der Waals surface area contributed by atoms with Gasteiger partial charge in [0.25, 0.3) is 0 Å². The Morgan fingerprint density at radius 3 is 2.67 bits per heavy atom. The van der Waals surface area contributed by atoms with Crippen molar-refractivity contribution in [3.8, 4) is 0 Å². The van der Waals surface area contributed by atoms with E-state index in [0.29, 0.717) is 0 Å². The Kier molecular flexibility index (Phi) is 4.47. The molecule has 118 valence electrons. The van der Waals surface area contributed by atoms with Crippen LogP contribution in [0.3, 0.4) is 0 Å². The van der Waals surface area contributed by atoms with Gasteiger partial charge in [0.05, 0.1) is 17.4 Å². The smallest absolute Gasteiger partial charge is 0.246 e. The molecule has 1 aromatic rings. The summed E-state index contributed by atoms with van der Waals surface area (Å²) in [6.45, 7) is -0.0269. The van der Waals surface area contributed by atoms with E-state index in [0.717, 1.165) is 10.4 Å². The van der Waals surface area contributed by atoms with Gasteiger partial charge in [-0.25, -0.2) is 22.0 Å². The first-order valence-corrected chi connectivity index (χ1v) is 9.25. The number of nitrogens with zero attached hydrogens (tertiary/aromatic N) is 1. The molecule has 0 atom stereocenters. The van der Waals surface area contributed by atoms with Crippen LogP contribution in [-0.4, -0.2) is 46.1 Å². The van der Waals surface area contributed by atoms with Crippen LogP contribution in [0.4, 0.5) is 5.69 Å². The Bertz CT molecular complexity index is 763. The maximum absolute atomic E-state index is 12.4. The maximum atomic E-state index is 12.4. The lowest BCUT2D eigenvalue weighted by atomic mass is 10.3. The number of hydrogen-bond acceptors (Lipinski definition) is 6. The Morgan fingerprint density at radius 2 is 2.10 bits per heavy atom. The number of sulfonamides is 2. The molecule has 0 saturated heterocycles. The molecule has 0 amide bonds. The van der Waals surface area contributed by atoms with Gasteiger partial charge >= 0.3 is 0 Å². The largest absolute Gasteiger partial charge is 0.396 e. The van der Waals surface area contributed by atoms with E-state index < -0.39 is 24.9 Å². The molecule has 1 aromatic carbocycles. The second-order valence-corrected chi connectivity index (χ2v) is 8.26. The van der Waals surface area contributed by atoms with Crippen molar-refractivity contribution in [2.24, 2.45) is 5.14 Å². The summed E-state index contributed by atoms with van der Waals surface area (Å²) in [7, 11) is -8.01. The monoisotopic (exact) mass is 355 g/mol. The molecule has 0 bridgehead atoms. The van der Waals surface area contributed by atoms with Crippen molar-refractivity contribution in [3.63, 3.8) is 0 Å². The SMILES string of the molecule is NS(=O)(=O)c1cc2c(cc1Cl)NCN(CCCO)S2(=O)=O. The number of aliphatic hydroxyl groups is 1. The summed E-state index contributed by atoms with van der Waals surface area (Å²) in [5.41, 5.74) is 0.215. The maximum Gasteiger partial charge on any atom is 0.246 e. The second kappa shape index (κ2) is 5.71. The lowest BCUT2D eigenvalue weighted by molar-refractivity contribution is 0.271. The highest BCUT2D eigenvalue weighted by Gasteiger charge is 2.33.